The molecule has 0 bridgehead atoms. The predicted octanol–water partition coefficient (Wildman–Crippen LogP) is 12.2. The molecular weight excluding hydrogens is 512 g/mol. The van der Waals surface area contributed by atoms with E-state index in [9.17, 15) is 0 Å². The van der Waals surface area contributed by atoms with Gasteiger partial charge >= 0.3 is 0 Å². The monoisotopic (exact) mass is 568 g/mol. The maximum absolute atomic E-state index is 5.90. The molecule has 0 aromatic heterocycles. The second kappa shape index (κ2) is 24.8. The molecule has 0 radical (unpaired) electrons. The number of hydrogen-bond acceptors (Lipinski definition) is 5. The molecule has 2 rings (SSSR count). The zero-order valence-corrected chi connectivity index (χ0v) is 26.2. The minimum atomic E-state index is 0.774. The van der Waals surface area contributed by atoms with Crippen molar-refractivity contribution in [2.45, 2.75) is 129 Å². The SMILES string of the molecule is CCCCCCCCCCCCOc1ccc(N=Nc2ccc(OCCCCCCCCCCCS)cc2)cc1. The Hall–Kier alpha value is -2.01. The van der Waals surface area contributed by atoms with Crippen molar-refractivity contribution in [3.8, 4) is 11.5 Å². The lowest BCUT2D eigenvalue weighted by Crippen LogP contribution is -1.97. The molecule has 0 saturated heterocycles. The topological polar surface area (TPSA) is 43.2 Å². The minimum Gasteiger partial charge on any atom is -0.494 e. The Bertz CT molecular complexity index is 783. The average molecular weight is 569 g/mol. The third-order valence-electron chi connectivity index (χ3n) is 7.29. The normalized spacial score (nSPS) is 11.3. The lowest BCUT2D eigenvalue weighted by molar-refractivity contribution is 0.304. The molecule has 0 unspecified atom stereocenters. The fourth-order valence-corrected chi connectivity index (χ4v) is 4.98. The van der Waals surface area contributed by atoms with Gasteiger partial charge in [-0.25, -0.2) is 0 Å². The second-order valence-corrected chi connectivity index (χ2v) is 11.4. The Labute approximate surface area is 251 Å². The van der Waals surface area contributed by atoms with Gasteiger partial charge in [-0.1, -0.05) is 110 Å². The van der Waals surface area contributed by atoms with Crippen molar-refractivity contribution in [1.82, 2.24) is 0 Å². The van der Waals surface area contributed by atoms with E-state index in [1.807, 2.05) is 48.5 Å². The molecule has 40 heavy (non-hydrogen) atoms. The summed E-state index contributed by atoms with van der Waals surface area (Å²) in [4.78, 5) is 0. The molecular formula is C35H56N2O2S. The number of rotatable bonds is 26. The third kappa shape index (κ3) is 18.4. The molecule has 0 aliphatic carbocycles. The summed E-state index contributed by atoms with van der Waals surface area (Å²) in [6.45, 7) is 3.83. The van der Waals surface area contributed by atoms with Crippen LogP contribution in [0.4, 0.5) is 11.4 Å². The summed E-state index contributed by atoms with van der Waals surface area (Å²) in [7, 11) is 0. The Morgan fingerprint density at radius 1 is 0.450 bits per heavy atom. The van der Waals surface area contributed by atoms with Crippen molar-refractivity contribution in [3.05, 3.63) is 48.5 Å². The zero-order chi connectivity index (χ0) is 28.4. The Kier molecular flexibility index (Phi) is 21.2. The highest BCUT2D eigenvalue weighted by Gasteiger charge is 1.99. The van der Waals surface area contributed by atoms with E-state index in [-0.39, 0.29) is 0 Å². The van der Waals surface area contributed by atoms with E-state index in [2.05, 4.69) is 29.8 Å². The van der Waals surface area contributed by atoms with Crippen LogP contribution in [-0.2, 0) is 0 Å². The van der Waals surface area contributed by atoms with Crippen molar-refractivity contribution >= 4 is 24.0 Å². The van der Waals surface area contributed by atoms with Crippen molar-refractivity contribution in [2.75, 3.05) is 19.0 Å². The number of benzene rings is 2. The van der Waals surface area contributed by atoms with Crippen LogP contribution in [0, 0.1) is 0 Å². The van der Waals surface area contributed by atoms with Crippen LogP contribution < -0.4 is 9.47 Å². The van der Waals surface area contributed by atoms with E-state index in [4.69, 9.17) is 9.47 Å². The number of azo groups is 1. The predicted molar refractivity (Wildman–Crippen MR) is 175 cm³/mol. The highest BCUT2D eigenvalue weighted by atomic mass is 32.1. The zero-order valence-electron chi connectivity index (χ0n) is 25.3. The Morgan fingerprint density at radius 2 is 0.775 bits per heavy atom. The molecule has 0 aliphatic rings. The molecule has 4 nitrogen and oxygen atoms in total. The maximum atomic E-state index is 5.90. The lowest BCUT2D eigenvalue weighted by atomic mass is 10.1. The van der Waals surface area contributed by atoms with Gasteiger partial charge in [-0.15, -0.1) is 0 Å². The van der Waals surface area contributed by atoms with Crippen LogP contribution in [-0.4, -0.2) is 19.0 Å². The van der Waals surface area contributed by atoms with Gasteiger partial charge in [-0.05, 0) is 73.5 Å². The van der Waals surface area contributed by atoms with Crippen LogP contribution >= 0.6 is 12.6 Å². The molecule has 0 fully saturated rings. The molecule has 0 saturated carbocycles. The van der Waals surface area contributed by atoms with E-state index < -0.39 is 0 Å². The first-order chi connectivity index (χ1) is 19.8. The van der Waals surface area contributed by atoms with Gasteiger partial charge in [0.25, 0.3) is 0 Å². The summed E-state index contributed by atoms with van der Waals surface area (Å²) in [6, 6.07) is 15.7. The van der Waals surface area contributed by atoms with Crippen LogP contribution in [0.25, 0.3) is 0 Å². The van der Waals surface area contributed by atoms with Crippen molar-refractivity contribution in [3.63, 3.8) is 0 Å². The van der Waals surface area contributed by atoms with Crippen molar-refractivity contribution < 1.29 is 9.47 Å². The van der Waals surface area contributed by atoms with E-state index in [1.54, 1.807) is 0 Å². The van der Waals surface area contributed by atoms with Gasteiger partial charge in [-0.3, -0.25) is 0 Å². The fourth-order valence-electron chi connectivity index (χ4n) is 4.75. The van der Waals surface area contributed by atoms with Gasteiger partial charge in [0.1, 0.15) is 11.5 Å². The highest BCUT2D eigenvalue weighted by molar-refractivity contribution is 7.80. The Balaban J connectivity index is 1.50. The van der Waals surface area contributed by atoms with Gasteiger partial charge in [0.05, 0.1) is 24.6 Å². The minimum absolute atomic E-state index is 0.774. The molecule has 224 valence electrons. The molecule has 5 heteroatoms. The van der Waals surface area contributed by atoms with E-state index in [0.29, 0.717) is 0 Å². The smallest absolute Gasteiger partial charge is 0.119 e. The summed E-state index contributed by atoms with van der Waals surface area (Å²) < 4.78 is 11.8. The van der Waals surface area contributed by atoms with E-state index >= 15 is 0 Å². The quantitative estimate of drug-likeness (QED) is 0.0696. The summed E-state index contributed by atoms with van der Waals surface area (Å²) in [5.41, 5.74) is 1.65. The van der Waals surface area contributed by atoms with Crippen molar-refractivity contribution in [2.24, 2.45) is 10.2 Å². The van der Waals surface area contributed by atoms with Crippen LogP contribution in [0.1, 0.15) is 129 Å². The molecule has 0 heterocycles. The standard InChI is InChI=1S/C35H56N2O2S/c1-2-3-4-5-6-7-9-12-15-18-29-38-34-25-21-32(22-26-34)36-37-33-23-27-35(28-24-33)39-30-19-16-13-10-8-11-14-17-20-31-40/h21-28,40H,2-20,29-31H2,1H3. The van der Waals surface area contributed by atoms with Gasteiger partial charge < -0.3 is 9.47 Å². The molecule has 0 atom stereocenters. The maximum Gasteiger partial charge on any atom is 0.119 e. The van der Waals surface area contributed by atoms with E-state index in [1.165, 1.54) is 109 Å². The van der Waals surface area contributed by atoms with Crippen LogP contribution in [0.2, 0.25) is 0 Å². The summed E-state index contributed by atoms with van der Waals surface area (Å²) in [5.74, 6) is 2.82. The van der Waals surface area contributed by atoms with Gasteiger partial charge in [0.2, 0.25) is 0 Å². The molecule has 2 aromatic carbocycles. The fraction of sp³-hybridized carbons (Fsp3) is 0.657. The summed E-state index contributed by atoms with van der Waals surface area (Å²) >= 11 is 4.27. The van der Waals surface area contributed by atoms with Crippen LogP contribution in [0.15, 0.2) is 58.8 Å². The molecule has 0 aliphatic heterocycles. The second-order valence-electron chi connectivity index (χ2n) is 11.0. The van der Waals surface area contributed by atoms with Crippen LogP contribution in [0.5, 0.6) is 11.5 Å². The van der Waals surface area contributed by atoms with Gasteiger partial charge in [0.15, 0.2) is 0 Å². The first-order valence-corrected chi connectivity index (χ1v) is 16.9. The highest BCUT2D eigenvalue weighted by Crippen LogP contribution is 2.23. The molecule has 0 spiro atoms. The average Bonchev–Trinajstić information content (AvgIpc) is 2.99. The number of thiol groups is 1. The first kappa shape index (κ1) is 34.2. The summed E-state index contributed by atoms with van der Waals surface area (Å²) in [6.07, 6.45) is 25.1. The largest absolute Gasteiger partial charge is 0.494 e. The Morgan fingerprint density at radius 3 is 1.12 bits per heavy atom. The van der Waals surface area contributed by atoms with Crippen LogP contribution in [0.3, 0.4) is 0 Å². The first-order valence-electron chi connectivity index (χ1n) is 16.3. The molecule has 2 aromatic rings. The van der Waals surface area contributed by atoms with Crippen molar-refractivity contribution in [1.29, 1.82) is 0 Å². The summed E-state index contributed by atoms with van der Waals surface area (Å²) in [5, 5.41) is 8.73. The van der Waals surface area contributed by atoms with Gasteiger partial charge in [-0.2, -0.15) is 22.9 Å². The molecule has 0 amide bonds. The number of nitrogens with zero attached hydrogens (tertiary/aromatic N) is 2. The van der Waals surface area contributed by atoms with Gasteiger partial charge in [0, 0.05) is 0 Å². The lowest BCUT2D eigenvalue weighted by Gasteiger charge is -2.07. The third-order valence-corrected chi connectivity index (χ3v) is 7.61. The number of hydrogen-bond donors (Lipinski definition) is 1. The number of unbranched alkanes of at least 4 members (excludes halogenated alkanes) is 17. The van der Waals surface area contributed by atoms with E-state index in [0.717, 1.165) is 54.7 Å². The number of ether oxygens (including phenoxy) is 2. The molecule has 0 N–H and O–H groups in total.